The lowest BCUT2D eigenvalue weighted by atomic mass is 10.1. The van der Waals surface area contributed by atoms with Gasteiger partial charge in [-0.25, -0.2) is 4.68 Å². The molecule has 1 aliphatic rings. The molecular weight excluding hydrogens is 364 g/mol. The minimum absolute atomic E-state index is 0.0234. The zero-order chi connectivity index (χ0) is 18.4. The lowest BCUT2D eigenvalue weighted by molar-refractivity contribution is -0.0394. The molecule has 0 spiro atoms. The Morgan fingerprint density at radius 1 is 1.15 bits per heavy atom. The predicted molar refractivity (Wildman–Crippen MR) is 103 cm³/mol. The maximum Gasteiger partial charge on any atom is 0.179 e. The van der Waals surface area contributed by atoms with Gasteiger partial charge in [0, 0.05) is 47.6 Å². The van der Waals surface area contributed by atoms with Crippen LogP contribution < -0.4 is 0 Å². The standard InChI is InChI=1S/C19H19ClN6O/c1-24-21-10-18(23-24)25-12-16(15-6-5-14(20)8-17(15)25)13-9-22-26(11-13)19-4-2-3-7-27-19/h5-6,8-12,19H,2-4,7H2,1H3. The van der Waals surface area contributed by atoms with E-state index in [1.807, 2.05) is 33.6 Å². The number of benzene rings is 1. The highest BCUT2D eigenvalue weighted by Gasteiger charge is 2.19. The molecule has 4 aromatic rings. The van der Waals surface area contributed by atoms with Crippen molar-refractivity contribution in [1.29, 1.82) is 0 Å². The quantitative estimate of drug-likeness (QED) is 0.537. The van der Waals surface area contributed by atoms with Gasteiger partial charge in [0.05, 0.1) is 17.9 Å². The Morgan fingerprint density at radius 2 is 2.07 bits per heavy atom. The van der Waals surface area contributed by atoms with E-state index in [1.165, 1.54) is 6.42 Å². The number of ether oxygens (including phenoxy) is 1. The highest BCUT2D eigenvalue weighted by Crippen LogP contribution is 2.34. The fourth-order valence-electron chi connectivity index (χ4n) is 3.63. The molecule has 1 atom stereocenters. The Bertz CT molecular complexity index is 1100. The molecular formula is C19H19ClN6O. The van der Waals surface area contributed by atoms with Gasteiger partial charge in [0.1, 0.15) is 6.23 Å². The van der Waals surface area contributed by atoms with Crippen LogP contribution in [-0.2, 0) is 11.8 Å². The van der Waals surface area contributed by atoms with Gasteiger partial charge in [-0.3, -0.25) is 4.57 Å². The van der Waals surface area contributed by atoms with Crippen LogP contribution in [0, 0.1) is 0 Å². The van der Waals surface area contributed by atoms with Crippen LogP contribution in [-0.4, -0.2) is 35.9 Å². The first-order valence-corrected chi connectivity index (χ1v) is 9.40. The summed E-state index contributed by atoms with van der Waals surface area (Å²) in [5.41, 5.74) is 3.10. The molecule has 0 aliphatic carbocycles. The van der Waals surface area contributed by atoms with Crippen molar-refractivity contribution in [3.63, 3.8) is 0 Å². The smallest absolute Gasteiger partial charge is 0.179 e. The maximum absolute atomic E-state index is 6.26. The van der Waals surface area contributed by atoms with Gasteiger partial charge >= 0.3 is 0 Å². The Kier molecular flexibility index (Phi) is 3.98. The Morgan fingerprint density at radius 3 is 2.85 bits per heavy atom. The summed E-state index contributed by atoms with van der Waals surface area (Å²) in [5.74, 6) is 0.749. The zero-order valence-corrected chi connectivity index (χ0v) is 15.7. The molecule has 0 bridgehead atoms. The molecule has 1 aromatic carbocycles. The molecule has 4 heterocycles. The van der Waals surface area contributed by atoms with E-state index in [1.54, 1.807) is 18.0 Å². The number of hydrogen-bond donors (Lipinski definition) is 0. The first-order valence-electron chi connectivity index (χ1n) is 9.02. The topological polar surface area (TPSA) is 62.7 Å². The lowest BCUT2D eigenvalue weighted by Gasteiger charge is -2.22. The summed E-state index contributed by atoms with van der Waals surface area (Å²) in [6, 6.07) is 5.89. The summed E-state index contributed by atoms with van der Waals surface area (Å²) < 4.78 is 9.79. The molecule has 0 radical (unpaired) electrons. The second kappa shape index (κ2) is 6.51. The van der Waals surface area contributed by atoms with Gasteiger partial charge in [0.25, 0.3) is 0 Å². The van der Waals surface area contributed by atoms with Gasteiger partial charge in [0.15, 0.2) is 5.82 Å². The fourth-order valence-corrected chi connectivity index (χ4v) is 3.80. The number of hydrogen-bond acceptors (Lipinski definition) is 4. The van der Waals surface area contributed by atoms with E-state index in [0.717, 1.165) is 47.3 Å². The van der Waals surface area contributed by atoms with Crippen molar-refractivity contribution in [2.45, 2.75) is 25.5 Å². The second-order valence-electron chi connectivity index (χ2n) is 6.80. The van der Waals surface area contributed by atoms with Crippen molar-refractivity contribution in [2.24, 2.45) is 7.05 Å². The average Bonchev–Trinajstić information content (AvgIpc) is 3.40. The molecule has 3 aromatic heterocycles. The number of nitrogens with zero attached hydrogens (tertiary/aromatic N) is 6. The number of aromatic nitrogens is 6. The Labute approximate surface area is 161 Å². The van der Waals surface area contributed by atoms with E-state index in [4.69, 9.17) is 16.3 Å². The lowest BCUT2D eigenvalue weighted by Crippen LogP contribution is -2.18. The molecule has 5 rings (SSSR count). The van der Waals surface area contributed by atoms with Crippen LogP contribution in [0.2, 0.25) is 5.02 Å². The second-order valence-corrected chi connectivity index (χ2v) is 7.23. The fraction of sp³-hybridized carbons (Fsp3) is 0.316. The number of rotatable bonds is 3. The molecule has 1 saturated heterocycles. The molecule has 1 aliphatic heterocycles. The molecule has 27 heavy (non-hydrogen) atoms. The predicted octanol–water partition coefficient (Wildman–Crippen LogP) is 3.98. The molecule has 0 N–H and O–H groups in total. The summed E-state index contributed by atoms with van der Waals surface area (Å²) in [5, 5.41) is 14.9. The van der Waals surface area contributed by atoms with Crippen LogP contribution in [0.1, 0.15) is 25.5 Å². The minimum Gasteiger partial charge on any atom is -0.357 e. The summed E-state index contributed by atoms with van der Waals surface area (Å²) in [4.78, 5) is 1.55. The largest absolute Gasteiger partial charge is 0.357 e. The van der Waals surface area contributed by atoms with E-state index in [2.05, 4.69) is 27.7 Å². The van der Waals surface area contributed by atoms with Crippen molar-refractivity contribution >= 4 is 22.5 Å². The molecule has 138 valence electrons. The molecule has 1 unspecified atom stereocenters. The van der Waals surface area contributed by atoms with E-state index in [-0.39, 0.29) is 6.23 Å². The summed E-state index contributed by atoms with van der Waals surface area (Å²) >= 11 is 6.26. The summed E-state index contributed by atoms with van der Waals surface area (Å²) in [6.45, 7) is 0.796. The van der Waals surface area contributed by atoms with Crippen molar-refractivity contribution in [3.05, 3.63) is 48.0 Å². The molecule has 1 fully saturated rings. The third kappa shape index (κ3) is 2.93. The molecule has 0 saturated carbocycles. The van der Waals surface area contributed by atoms with E-state index in [0.29, 0.717) is 5.02 Å². The molecule has 0 amide bonds. The highest BCUT2D eigenvalue weighted by molar-refractivity contribution is 6.31. The number of fused-ring (bicyclic) bond motifs is 1. The van der Waals surface area contributed by atoms with E-state index >= 15 is 0 Å². The number of aryl methyl sites for hydroxylation is 1. The van der Waals surface area contributed by atoms with Crippen molar-refractivity contribution in [2.75, 3.05) is 6.61 Å². The maximum atomic E-state index is 6.26. The van der Waals surface area contributed by atoms with Crippen LogP contribution in [0.4, 0.5) is 0 Å². The Hall–Kier alpha value is -2.64. The van der Waals surface area contributed by atoms with Crippen LogP contribution in [0.3, 0.4) is 0 Å². The Balaban J connectivity index is 1.62. The third-order valence-corrected chi connectivity index (χ3v) is 5.20. The van der Waals surface area contributed by atoms with Gasteiger partial charge in [-0.2, -0.15) is 15.0 Å². The van der Waals surface area contributed by atoms with Crippen LogP contribution >= 0.6 is 11.6 Å². The van der Waals surface area contributed by atoms with Crippen molar-refractivity contribution in [1.82, 2.24) is 29.3 Å². The first-order chi connectivity index (χ1) is 13.2. The zero-order valence-electron chi connectivity index (χ0n) is 14.9. The van der Waals surface area contributed by atoms with Crippen LogP contribution in [0.25, 0.3) is 27.8 Å². The van der Waals surface area contributed by atoms with Gasteiger partial charge in [-0.05, 0) is 31.4 Å². The summed E-state index contributed by atoms with van der Waals surface area (Å²) in [7, 11) is 1.80. The first kappa shape index (κ1) is 16.5. The highest BCUT2D eigenvalue weighted by atomic mass is 35.5. The molecule has 8 heteroatoms. The van der Waals surface area contributed by atoms with E-state index in [9.17, 15) is 0 Å². The third-order valence-electron chi connectivity index (χ3n) is 4.97. The monoisotopic (exact) mass is 382 g/mol. The van der Waals surface area contributed by atoms with Gasteiger partial charge in [0.2, 0.25) is 0 Å². The van der Waals surface area contributed by atoms with Crippen molar-refractivity contribution in [3.8, 4) is 16.9 Å². The van der Waals surface area contributed by atoms with Crippen LogP contribution in [0.15, 0.2) is 43.0 Å². The van der Waals surface area contributed by atoms with E-state index < -0.39 is 0 Å². The average molecular weight is 383 g/mol. The van der Waals surface area contributed by atoms with Gasteiger partial charge in [-0.1, -0.05) is 17.7 Å². The molecule has 7 nitrogen and oxygen atoms in total. The van der Waals surface area contributed by atoms with Gasteiger partial charge in [-0.15, -0.1) is 5.10 Å². The summed E-state index contributed by atoms with van der Waals surface area (Å²) in [6.07, 6.45) is 11.1. The van der Waals surface area contributed by atoms with Gasteiger partial charge < -0.3 is 4.74 Å². The van der Waals surface area contributed by atoms with Crippen LogP contribution in [0.5, 0.6) is 0 Å². The number of halogens is 1. The minimum atomic E-state index is 0.0234. The SMILES string of the molecule is Cn1ncc(-n2cc(-c3cnn(C4CCCCO4)c3)c3ccc(Cl)cc32)n1. The van der Waals surface area contributed by atoms with Crippen molar-refractivity contribution < 1.29 is 4.74 Å². The normalized spacial score (nSPS) is 17.6.